The van der Waals surface area contributed by atoms with E-state index < -0.39 is 0 Å². The fraction of sp³-hybridized carbons (Fsp3) is 0.174. The SMILES string of the molecule is CCN(CCc1c[nH]c2ccccc12)C(=O)c1nccnc1-c1ccccc1. The van der Waals surface area contributed by atoms with Crippen LogP contribution in [0.3, 0.4) is 0 Å². The third-order valence-electron chi connectivity index (χ3n) is 4.94. The number of para-hydroxylation sites is 1. The molecular weight excluding hydrogens is 348 g/mol. The zero-order chi connectivity index (χ0) is 19.3. The van der Waals surface area contributed by atoms with Gasteiger partial charge in [0.05, 0.1) is 0 Å². The quantitative estimate of drug-likeness (QED) is 0.549. The molecule has 0 atom stereocenters. The lowest BCUT2D eigenvalue weighted by Crippen LogP contribution is -2.33. The number of benzene rings is 2. The first-order valence-corrected chi connectivity index (χ1v) is 9.48. The number of nitrogens with one attached hydrogen (secondary N) is 1. The van der Waals surface area contributed by atoms with Crippen molar-refractivity contribution < 1.29 is 4.79 Å². The summed E-state index contributed by atoms with van der Waals surface area (Å²) in [6.45, 7) is 3.24. The van der Waals surface area contributed by atoms with Gasteiger partial charge in [-0.3, -0.25) is 9.78 Å². The maximum Gasteiger partial charge on any atom is 0.274 e. The van der Waals surface area contributed by atoms with Crippen molar-refractivity contribution >= 4 is 16.8 Å². The normalized spacial score (nSPS) is 10.9. The fourth-order valence-electron chi connectivity index (χ4n) is 3.45. The van der Waals surface area contributed by atoms with Gasteiger partial charge in [0.25, 0.3) is 5.91 Å². The van der Waals surface area contributed by atoms with E-state index in [2.05, 4.69) is 27.1 Å². The Kier molecular flexibility index (Phi) is 5.15. The number of hydrogen-bond acceptors (Lipinski definition) is 3. The molecule has 0 unspecified atom stereocenters. The molecular formula is C23H22N4O. The van der Waals surface area contributed by atoms with Gasteiger partial charge in [-0.2, -0.15) is 0 Å². The molecule has 4 rings (SSSR count). The first-order valence-electron chi connectivity index (χ1n) is 9.48. The maximum atomic E-state index is 13.2. The number of aromatic amines is 1. The van der Waals surface area contributed by atoms with Gasteiger partial charge >= 0.3 is 0 Å². The molecule has 5 nitrogen and oxygen atoms in total. The zero-order valence-electron chi connectivity index (χ0n) is 15.8. The van der Waals surface area contributed by atoms with Crippen LogP contribution in [0.5, 0.6) is 0 Å². The number of carbonyl (C=O) groups is 1. The summed E-state index contributed by atoms with van der Waals surface area (Å²) in [6, 6.07) is 17.9. The highest BCUT2D eigenvalue weighted by atomic mass is 16.2. The van der Waals surface area contributed by atoms with Gasteiger partial charge in [-0.25, -0.2) is 4.98 Å². The molecule has 2 heterocycles. The van der Waals surface area contributed by atoms with E-state index in [0.717, 1.165) is 17.5 Å². The second kappa shape index (κ2) is 8.05. The van der Waals surface area contributed by atoms with Gasteiger partial charge in [-0.05, 0) is 25.0 Å². The molecule has 1 amide bonds. The van der Waals surface area contributed by atoms with Crippen molar-refractivity contribution in [3.63, 3.8) is 0 Å². The highest BCUT2D eigenvalue weighted by molar-refractivity contribution is 5.98. The largest absolute Gasteiger partial charge is 0.361 e. The Morgan fingerprint density at radius 3 is 2.57 bits per heavy atom. The standard InChI is InChI=1S/C23H22N4O/c1-2-27(15-12-18-16-26-20-11-7-6-10-19(18)20)23(28)22-21(24-13-14-25-22)17-8-4-3-5-9-17/h3-11,13-14,16,26H,2,12,15H2,1H3. The first-order chi connectivity index (χ1) is 13.8. The van der Waals surface area contributed by atoms with Crippen LogP contribution in [0.2, 0.25) is 0 Å². The van der Waals surface area contributed by atoms with Gasteiger partial charge in [-0.1, -0.05) is 48.5 Å². The molecule has 0 fully saturated rings. The molecule has 0 aliphatic rings. The number of carbonyl (C=O) groups excluding carboxylic acids is 1. The van der Waals surface area contributed by atoms with Crippen molar-refractivity contribution in [3.05, 3.63) is 84.4 Å². The molecule has 2 aromatic carbocycles. The van der Waals surface area contributed by atoms with E-state index in [1.54, 1.807) is 12.4 Å². The lowest BCUT2D eigenvalue weighted by molar-refractivity contribution is 0.0761. The Morgan fingerprint density at radius 1 is 1.00 bits per heavy atom. The predicted octanol–water partition coefficient (Wildman–Crippen LogP) is 4.33. The molecule has 0 radical (unpaired) electrons. The van der Waals surface area contributed by atoms with Gasteiger partial charge in [-0.15, -0.1) is 0 Å². The Labute approximate surface area is 164 Å². The number of H-pyrrole nitrogens is 1. The highest BCUT2D eigenvalue weighted by Crippen LogP contribution is 2.22. The minimum atomic E-state index is -0.0886. The van der Waals surface area contributed by atoms with Crippen molar-refractivity contribution in [2.75, 3.05) is 13.1 Å². The Balaban J connectivity index is 1.57. The van der Waals surface area contributed by atoms with E-state index >= 15 is 0 Å². The van der Waals surface area contributed by atoms with Gasteiger partial charge < -0.3 is 9.88 Å². The third-order valence-corrected chi connectivity index (χ3v) is 4.94. The van der Waals surface area contributed by atoms with Crippen molar-refractivity contribution in [3.8, 4) is 11.3 Å². The van der Waals surface area contributed by atoms with Crippen LogP contribution >= 0.6 is 0 Å². The number of fused-ring (bicyclic) bond motifs is 1. The molecule has 0 aliphatic carbocycles. The summed E-state index contributed by atoms with van der Waals surface area (Å²) in [5, 5.41) is 1.20. The Bertz CT molecular complexity index is 1090. The maximum absolute atomic E-state index is 13.2. The summed E-state index contributed by atoms with van der Waals surface area (Å²) in [4.78, 5) is 27.1. The van der Waals surface area contributed by atoms with Crippen LogP contribution in [0.25, 0.3) is 22.2 Å². The van der Waals surface area contributed by atoms with Gasteiger partial charge in [0.1, 0.15) is 5.69 Å². The van der Waals surface area contributed by atoms with Gasteiger partial charge in [0, 0.05) is 48.1 Å². The van der Waals surface area contributed by atoms with E-state index in [9.17, 15) is 4.79 Å². The number of aromatic nitrogens is 3. The molecule has 2 aromatic heterocycles. The van der Waals surface area contributed by atoms with Gasteiger partial charge in [0.2, 0.25) is 0 Å². The minimum Gasteiger partial charge on any atom is -0.361 e. The van der Waals surface area contributed by atoms with Crippen LogP contribution in [-0.2, 0) is 6.42 Å². The number of rotatable bonds is 6. The highest BCUT2D eigenvalue weighted by Gasteiger charge is 2.21. The summed E-state index contributed by atoms with van der Waals surface area (Å²) < 4.78 is 0. The number of likely N-dealkylation sites (N-methyl/N-ethyl adjacent to an activating group) is 1. The Hall–Kier alpha value is -3.47. The lowest BCUT2D eigenvalue weighted by Gasteiger charge is -2.21. The summed E-state index contributed by atoms with van der Waals surface area (Å²) in [5.74, 6) is -0.0886. The molecule has 0 aliphatic heterocycles. The van der Waals surface area contributed by atoms with Crippen molar-refractivity contribution in [2.45, 2.75) is 13.3 Å². The first kappa shape index (κ1) is 17.9. The van der Waals surface area contributed by atoms with Crippen molar-refractivity contribution in [1.82, 2.24) is 19.9 Å². The summed E-state index contributed by atoms with van der Waals surface area (Å²) >= 11 is 0. The number of amides is 1. The molecule has 5 heteroatoms. The molecule has 0 saturated carbocycles. The van der Waals surface area contributed by atoms with E-state index in [1.165, 1.54) is 10.9 Å². The summed E-state index contributed by atoms with van der Waals surface area (Å²) in [7, 11) is 0. The molecule has 0 saturated heterocycles. The topological polar surface area (TPSA) is 61.9 Å². The number of nitrogens with zero attached hydrogens (tertiary/aromatic N) is 3. The molecule has 0 bridgehead atoms. The number of hydrogen-bond donors (Lipinski definition) is 1. The average molecular weight is 370 g/mol. The average Bonchev–Trinajstić information content (AvgIpc) is 3.18. The molecule has 4 aromatic rings. The van der Waals surface area contributed by atoms with Crippen LogP contribution in [0, 0.1) is 0 Å². The van der Waals surface area contributed by atoms with Crippen LogP contribution < -0.4 is 0 Å². The summed E-state index contributed by atoms with van der Waals surface area (Å²) in [6.07, 6.45) is 6.01. The second-order valence-corrected chi connectivity index (χ2v) is 6.61. The lowest BCUT2D eigenvalue weighted by atomic mass is 10.1. The minimum absolute atomic E-state index is 0.0886. The Morgan fingerprint density at radius 2 is 1.75 bits per heavy atom. The fourth-order valence-corrected chi connectivity index (χ4v) is 3.45. The molecule has 28 heavy (non-hydrogen) atoms. The van der Waals surface area contributed by atoms with Crippen LogP contribution in [0.1, 0.15) is 23.0 Å². The van der Waals surface area contributed by atoms with E-state index in [0.29, 0.717) is 24.5 Å². The molecule has 1 N–H and O–H groups in total. The van der Waals surface area contributed by atoms with Crippen molar-refractivity contribution in [1.29, 1.82) is 0 Å². The molecule has 140 valence electrons. The zero-order valence-corrected chi connectivity index (χ0v) is 15.8. The van der Waals surface area contributed by atoms with Gasteiger partial charge in [0.15, 0.2) is 5.69 Å². The third kappa shape index (κ3) is 3.51. The second-order valence-electron chi connectivity index (χ2n) is 6.61. The van der Waals surface area contributed by atoms with E-state index in [-0.39, 0.29) is 5.91 Å². The van der Waals surface area contributed by atoms with Crippen LogP contribution in [0.4, 0.5) is 0 Å². The monoisotopic (exact) mass is 370 g/mol. The van der Waals surface area contributed by atoms with Crippen LogP contribution in [-0.4, -0.2) is 38.8 Å². The predicted molar refractivity (Wildman–Crippen MR) is 111 cm³/mol. The summed E-state index contributed by atoms with van der Waals surface area (Å²) in [5.41, 5.74) is 4.25. The molecule has 0 spiro atoms. The van der Waals surface area contributed by atoms with Crippen LogP contribution in [0.15, 0.2) is 73.2 Å². The van der Waals surface area contributed by atoms with Crippen molar-refractivity contribution in [2.24, 2.45) is 0 Å². The smallest absolute Gasteiger partial charge is 0.274 e. The van der Waals surface area contributed by atoms with E-state index in [1.807, 2.05) is 60.5 Å². The van der Waals surface area contributed by atoms with E-state index in [4.69, 9.17) is 0 Å².